The van der Waals surface area contributed by atoms with Crippen molar-refractivity contribution in [2.45, 2.75) is 44.9 Å². The van der Waals surface area contributed by atoms with Gasteiger partial charge in [-0.25, -0.2) is 4.79 Å². The number of nitrogens with zero attached hydrogens (tertiary/aromatic N) is 4. The van der Waals surface area contributed by atoms with Gasteiger partial charge in [-0.3, -0.25) is 14.6 Å². The van der Waals surface area contributed by atoms with Gasteiger partial charge in [0.25, 0.3) is 0 Å². The molecule has 176 valence electrons. The number of thioether (sulfide) groups is 1. The number of carbonyl (C=O) groups is 2. The molecule has 0 saturated carbocycles. The molecule has 3 heterocycles. The smallest absolute Gasteiger partial charge is 0.411 e. The summed E-state index contributed by atoms with van der Waals surface area (Å²) in [5.74, 6) is 1.72. The summed E-state index contributed by atoms with van der Waals surface area (Å²) in [5, 5.41) is 0.770. The van der Waals surface area contributed by atoms with Gasteiger partial charge >= 0.3 is 6.09 Å². The van der Waals surface area contributed by atoms with Crippen LogP contribution in [0.25, 0.3) is 0 Å². The summed E-state index contributed by atoms with van der Waals surface area (Å²) in [6.07, 6.45) is 0.269. The topological polar surface area (TPSA) is 56.3 Å². The summed E-state index contributed by atoms with van der Waals surface area (Å²) in [6.45, 7) is 10.3. The Bertz CT molecular complexity index is 835. The van der Waals surface area contributed by atoms with Gasteiger partial charge in [0.05, 0.1) is 16.6 Å². The van der Waals surface area contributed by atoms with Crippen molar-refractivity contribution in [1.82, 2.24) is 14.7 Å². The van der Waals surface area contributed by atoms with Crippen molar-refractivity contribution in [3.63, 3.8) is 0 Å². The Morgan fingerprint density at radius 1 is 1.09 bits per heavy atom. The SMILES string of the molecule is CC(C)(C)OC(=O)N1C[C@@H](N2CCN(c3ccccc3Cl)CC2)C[C@H]1C(=O)N1CCSC1. The van der Waals surface area contributed by atoms with E-state index in [9.17, 15) is 9.59 Å². The number of amides is 2. The standard InChI is InChI=1S/C23H33ClN4O3S/c1-23(2,3)31-22(30)28-15-17(14-20(28)21(29)27-12-13-32-16-27)25-8-10-26(11-9-25)19-7-5-4-6-18(19)24/h4-7,17,20H,8-16H2,1-3H3/t17-,20-/m0/s1. The van der Waals surface area contributed by atoms with E-state index >= 15 is 0 Å². The average Bonchev–Trinajstić information content (AvgIpc) is 3.43. The minimum atomic E-state index is -0.590. The third kappa shape index (κ3) is 5.29. The van der Waals surface area contributed by atoms with Gasteiger partial charge in [0.15, 0.2) is 0 Å². The van der Waals surface area contributed by atoms with Crippen molar-refractivity contribution in [2.75, 3.05) is 55.8 Å². The first-order valence-corrected chi connectivity index (χ1v) is 12.9. The van der Waals surface area contributed by atoms with Gasteiger partial charge in [-0.15, -0.1) is 11.8 Å². The van der Waals surface area contributed by atoms with Crippen molar-refractivity contribution in [2.24, 2.45) is 0 Å². The van der Waals surface area contributed by atoms with E-state index in [0.29, 0.717) is 18.8 Å². The van der Waals surface area contributed by atoms with Gasteiger partial charge in [-0.2, -0.15) is 0 Å². The first-order valence-electron chi connectivity index (χ1n) is 11.3. The molecule has 4 rings (SSSR count). The van der Waals surface area contributed by atoms with E-state index in [4.69, 9.17) is 16.3 Å². The van der Waals surface area contributed by atoms with Crippen LogP contribution in [0.2, 0.25) is 5.02 Å². The fourth-order valence-electron chi connectivity index (χ4n) is 4.67. The van der Waals surface area contributed by atoms with E-state index in [1.54, 1.807) is 16.7 Å². The molecule has 0 aromatic heterocycles. The Hall–Kier alpha value is -1.64. The summed E-state index contributed by atoms with van der Waals surface area (Å²) in [6, 6.07) is 7.64. The lowest BCUT2D eigenvalue weighted by atomic mass is 10.1. The number of halogens is 1. The quantitative estimate of drug-likeness (QED) is 0.661. The number of ether oxygens (including phenoxy) is 1. The highest BCUT2D eigenvalue weighted by Crippen LogP contribution is 2.30. The predicted molar refractivity (Wildman–Crippen MR) is 129 cm³/mol. The Labute approximate surface area is 200 Å². The molecule has 32 heavy (non-hydrogen) atoms. The highest BCUT2D eigenvalue weighted by Gasteiger charge is 2.45. The van der Waals surface area contributed by atoms with Crippen molar-refractivity contribution in [3.8, 4) is 0 Å². The first-order chi connectivity index (χ1) is 15.2. The number of rotatable bonds is 3. The lowest BCUT2D eigenvalue weighted by molar-refractivity contribution is -0.134. The largest absolute Gasteiger partial charge is 0.444 e. The van der Waals surface area contributed by atoms with Gasteiger partial charge in [0.1, 0.15) is 11.6 Å². The van der Waals surface area contributed by atoms with Gasteiger partial charge in [-0.1, -0.05) is 23.7 Å². The average molecular weight is 481 g/mol. The van der Waals surface area contributed by atoms with Crippen LogP contribution in [0.3, 0.4) is 0 Å². The number of likely N-dealkylation sites (tertiary alicyclic amines) is 1. The third-order valence-corrected chi connectivity index (χ3v) is 7.57. The lowest BCUT2D eigenvalue weighted by Crippen LogP contribution is -2.51. The van der Waals surface area contributed by atoms with Crippen LogP contribution in [0.5, 0.6) is 0 Å². The molecule has 0 N–H and O–H groups in total. The summed E-state index contributed by atoms with van der Waals surface area (Å²) >= 11 is 8.15. The Kier molecular flexibility index (Phi) is 7.12. The monoisotopic (exact) mass is 480 g/mol. The normalized spacial score (nSPS) is 24.8. The van der Waals surface area contributed by atoms with Crippen molar-refractivity contribution < 1.29 is 14.3 Å². The van der Waals surface area contributed by atoms with Crippen LogP contribution in [0.15, 0.2) is 24.3 Å². The molecule has 7 nitrogen and oxygen atoms in total. The second kappa shape index (κ2) is 9.69. The molecule has 1 aromatic carbocycles. The van der Waals surface area contributed by atoms with E-state index in [2.05, 4.69) is 15.9 Å². The summed E-state index contributed by atoms with van der Waals surface area (Å²) in [4.78, 5) is 34.5. The van der Waals surface area contributed by atoms with Crippen LogP contribution in [0, 0.1) is 0 Å². The fraction of sp³-hybridized carbons (Fsp3) is 0.652. The maximum atomic E-state index is 13.3. The second-order valence-electron chi connectivity index (χ2n) is 9.65. The van der Waals surface area contributed by atoms with Gasteiger partial charge in [0, 0.05) is 51.1 Å². The molecule has 0 bridgehead atoms. The van der Waals surface area contributed by atoms with Gasteiger partial charge in [-0.05, 0) is 39.3 Å². The molecule has 0 aliphatic carbocycles. The van der Waals surface area contributed by atoms with Crippen LogP contribution >= 0.6 is 23.4 Å². The van der Waals surface area contributed by atoms with E-state index in [0.717, 1.165) is 49.2 Å². The Balaban J connectivity index is 1.43. The molecule has 2 atom stereocenters. The Morgan fingerprint density at radius 2 is 1.81 bits per heavy atom. The lowest BCUT2D eigenvalue weighted by Gasteiger charge is -2.39. The molecule has 0 spiro atoms. The number of benzene rings is 1. The highest BCUT2D eigenvalue weighted by molar-refractivity contribution is 7.99. The fourth-order valence-corrected chi connectivity index (χ4v) is 5.88. The first kappa shape index (κ1) is 23.5. The Morgan fingerprint density at radius 3 is 2.44 bits per heavy atom. The zero-order valence-corrected chi connectivity index (χ0v) is 20.7. The van der Waals surface area contributed by atoms with E-state index in [1.807, 2.05) is 43.9 Å². The van der Waals surface area contributed by atoms with Crippen LogP contribution in [0.1, 0.15) is 27.2 Å². The number of carbonyl (C=O) groups excluding carboxylic acids is 2. The van der Waals surface area contributed by atoms with Crippen molar-refractivity contribution >= 4 is 41.1 Å². The number of hydrogen-bond acceptors (Lipinski definition) is 6. The molecule has 3 aliphatic heterocycles. The van der Waals surface area contributed by atoms with Crippen LogP contribution in [0.4, 0.5) is 10.5 Å². The molecule has 1 aromatic rings. The number of piperazine rings is 1. The predicted octanol–water partition coefficient (Wildman–Crippen LogP) is 3.37. The van der Waals surface area contributed by atoms with Gasteiger partial charge < -0.3 is 14.5 Å². The van der Waals surface area contributed by atoms with Crippen LogP contribution in [-0.2, 0) is 9.53 Å². The number of anilines is 1. The van der Waals surface area contributed by atoms with E-state index in [-0.39, 0.29) is 18.0 Å². The van der Waals surface area contributed by atoms with Crippen molar-refractivity contribution in [1.29, 1.82) is 0 Å². The zero-order chi connectivity index (χ0) is 22.9. The van der Waals surface area contributed by atoms with Crippen LogP contribution < -0.4 is 4.90 Å². The maximum absolute atomic E-state index is 13.3. The summed E-state index contributed by atoms with van der Waals surface area (Å²) in [7, 11) is 0. The molecule has 3 saturated heterocycles. The molecular formula is C23H33ClN4O3S. The summed E-state index contributed by atoms with van der Waals surface area (Å²) < 4.78 is 5.66. The van der Waals surface area contributed by atoms with Gasteiger partial charge in [0.2, 0.25) is 5.91 Å². The molecule has 3 aliphatic rings. The molecule has 2 amide bonds. The summed E-state index contributed by atoms with van der Waals surface area (Å²) in [5.41, 5.74) is 0.475. The molecular weight excluding hydrogens is 448 g/mol. The number of hydrogen-bond donors (Lipinski definition) is 0. The maximum Gasteiger partial charge on any atom is 0.411 e. The molecule has 0 unspecified atom stereocenters. The van der Waals surface area contributed by atoms with Crippen LogP contribution in [-0.4, -0.2) is 95.3 Å². The third-order valence-electron chi connectivity index (χ3n) is 6.28. The molecule has 0 radical (unpaired) electrons. The van der Waals surface area contributed by atoms with E-state index in [1.165, 1.54) is 0 Å². The molecule has 9 heteroatoms. The minimum Gasteiger partial charge on any atom is -0.444 e. The zero-order valence-electron chi connectivity index (χ0n) is 19.1. The minimum absolute atomic E-state index is 0.0538. The second-order valence-corrected chi connectivity index (χ2v) is 11.1. The number of para-hydroxylation sites is 1. The highest BCUT2D eigenvalue weighted by atomic mass is 35.5. The van der Waals surface area contributed by atoms with Crippen molar-refractivity contribution in [3.05, 3.63) is 29.3 Å². The van der Waals surface area contributed by atoms with E-state index < -0.39 is 11.6 Å². The molecule has 3 fully saturated rings.